The van der Waals surface area contributed by atoms with Crippen molar-refractivity contribution in [2.75, 3.05) is 39.9 Å². The minimum atomic E-state index is -1.16. The molecule has 2 saturated heterocycles. The van der Waals surface area contributed by atoms with Gasteiger partial charge in [0, 0.05) is 19.6 Å². The summed E-state index contributed by atoms with van der Waals surface area (Å²) in [4.78, 5) is 71.5. The number of ether oxygens (including phenoxy) is 2. The van der Waals surface area contributed by atoms with E-state index in [0.29, 0.717) is 19.3 Å². The number of carbonyl (C=O) groups is 5. The van der Waals surface area contributed by atoms with Crippen LogP contribution in [-0.2, 0) is 33.4 Å². The van der Waals surface area contributed by atoms with Crippen LogP contribution >= 0.6 is 0 Å². The highest BCUT2D eigenvalue weighted by molar-refractivity contribution is 5.96. The van der Waals surface area contributed by atoms with Crippen LogP contribution in [0.15, 0.2) is 0 Å². The highest BCUT2D eigenvalue weighted by atomic mass is 16.5. The SMILES string of the molecule is CCCCCC[C@H]1OC[C@@H](C)NC(=O)[C@H](COC2CCNCC2)NC(=O)[C@H](CN)NC(=O)[C@H](C2CCCCCC2)NC(=O)[C@H](CCC)N(C)C(=O)[C@@H]1C. The molecule has 14 heteroatoms. The molecule has 7 atom stereocenters. The summed E-state index contributed by atoms with van der Waals surface area (Å²) >= 11 is 0. The zero-order valence-electron chi connectivity index (χ0n) is 33.2. The second-order valence-corrected chi connectivity index (χ2v) is 15.6. The van der Waals surface area contributed by atoms with Crippen LogP contribution in [0.4, 0.5) is 0 Å². The number of nitrogens with zero attached hydrogens (tertiary/aromatic N) is 1. The lowest BCUT2D eigenvalue weighted by atomic mass is 9.90. The lowest BCUT2D eigenvalue weighted by Crippen LogP contribution is -2.62. The summed E-state index contributed by atoms with van der Waals surface area (Å²) in [5.74, 6) is -2.89. The Bertz CT molecular complexity index is 1150. The van der Waals surface area contributed by atoms with Crippen molar-refractivity contribution >= 4 is 29.5 Å². The topological polar surface area (TPSA) is 193 Å². The van der Waals surface area contributed by atoms with Gasteiger partial charge in [0.05, 0.1) is 31.3 Å². The number of nitrogens with one attached hydrogen (secondary N) is 5. The summed E-state index contributed by atoms with van der Waals surface area (Å²) in [6.07, 6.45) is 12.2. The van der Waals surface area contributed by atoms with E-state index in [9.17, 15) is 24.0 Å². The first-order valence-electron chi connectivity index (χ1n) is 20.6. The molecule has 53 heavy (non-hydrogen) atoms. The van der Waals surface area contributed by atoms with Crippen molar-refractivity contribution in [2.45, 2.75) is 166 Å². The Labute approximate surface area is 317 Å². The lowest BCUT2D eigenvalue weighted by molar-refractivity contribution is -0.147. The number of amides is 5. The van der Waals surface area contributed by atoms with E-state index >= 15 is 0 Å². The van der Waals surface area contributed by atoms with Gasteiger partial charge in [-0.25, -0.2) is 0 Å². The predicted molar refractivity (Wildman–Crippen MR) is 205 cm³/mol. The first-order valence-corrected chi connectivity index (χ1v) is 20.6. The quantitative estimate of drug-likeness (QED) is 0.128. The third kappa shape index (κ3) is 14.4. The molecule has 1 saturated carbocycles. The van der Waals surface area contributed by atoms with Crippen LogP contribution in [0.25, 0.3) is 0 Å². The Hall–Kier alpha value is -2.81. The Morgan fingerprint density at radius 1 is 0.755 bits per heavy atom. The first-order chi connectivity index (χ1) is 25.5. The van der Waals surface area contributed by atoms with Crippen LogP contribution in [-0.4, -0.2) is 117 Å². The van der Waals surface area contributed by atoms with E-state index < -0.39 is 65.9 Å². The molecule has 7 N–H and O–H groups in total. The lowest BCUT2D eigenvalue weighted by Gasteiger charge is -2.34. The van der Waals surface area contributed by atoms with Gasteiger partial charge < -0.3 is 46.7 Å². The summed E-state index contributed by atoms with van der Waals surface area (Å²) in [6.45, 7) is 9.24. The highest BCUT2D eigenvalue weighted by Gasteiger charge is 2.38. The van der Waals surface area contributed by atoms with E-state index in [1.807, 2.05) is 20.8 Å². The van der Waals surface area contributed by atoms with Crippen LogP contribution in [0.2, 0.25) is 0 Å². The number of likely N-dealkylation sites (N-methyl/N-ethyl adjacent to an activating group) is 1. The molecule has 0 aromatic rings. The molecule has 3 aliphatic rings. The molecule has 5 amide bonds. The molecule has 304 valence electrons. The van der Waals surface area contributed by atoms with Gasteiger partial charge in [-0.3, -0.25) is 24.0 Å². The normalized spacial score (nSPS) is 30.3. The molecule has 2 heterocycles. The Balaban J connectivity index is 1.98. The summed E-state index contributed by atoms with van der Waals surface area (Å²) in [5, 5.41) is 14.9. The third-order valence-corrected chi connectivity index (χ3v) is 11.2. The number of carbonyl (C=O) groups excluding carboxylic acids is 5. The van der Waals surface area contributed by atoms with Crippen LogP contribution in [0.3, 0.4) is 0 Å². The van der Waals surface area contributed by atoms with E-state index in [1.54, 1.807) is 7.05 Å². The fraction of sp³-hybridized carbons (Fsp3) is 0.872. The maximum atomic E-state index is 14.2. The van der Waals surface area contributed by atoms with Crippen molar-refractivity contribution < 1.29 is 33.4 Å². The van der Waals surface area contributed by atoms with Crippen molar-refractivity contribution in [3.8, 4) is 0 Å². The molecular weight excluding hydrogens is 678 g/mol. The van der Waals surface area contributed by atoms with Crippen LogP contribution in [0.5, 0.6) is 0 Å². The average molecular weight is 750 g/mol. The van der Waals surface area contributed by atoms with Gasteiger partial charge in [-0.2, -0.15) is 0 Å². The van der Waals surface area contributed by atoms with Gasteiger partial charge >= 0.3 is 0 Å². The van der Waals surface area contributed by atoms with Gasteiger partial charge in [0.1, 0.15) is 24.2 Å². The van der Waals surface area contributed by atoms with Crippen LogP contribution < -0.4 is 32.3 Å². The third-order valence-electron chi connectivity index (χ3n) is 11.2. The molecule has 3 fully saturated rings. The van der Waals surface area contributed by atoms with Gasteiger partial charge in [0.25, 0.3) is 0 Å². The van der Waals surface area contributed by atoms with E-state index in [0.717, 1.165) is 90.1 Å². The van der Waals surface area contributed by atoms with Gasteiger partial charge in [-0.15, -0.1) is 0 Å². The van der Waals surface area contributed by atoms with Crippen molar-refractivity contribution in [1.29, 1.82) is 0 Å². The number of hydrogen-bond donors (Lipinski definition) is 6. The minimum absolute atomic E-state index is 0.0570. The second kappa shape index (κ2) is 23.9. The number of hydrogen-bond acceptors (Lipinski definition) is 9. The molecule has 0 aromatic carbocycles. The molecule has 14 nitrogen and oxygen atoms in total. The summed E-state index contributed by atoms with van der Waals surface area (Å²) in [7, 11) is 1.65. The van der Waals surface area contributed by atoms with Crippen LogP contribution in [0.1, 0.15) is 124 Å². The van der Waals surface area contributed by atoms with E-state index in [4.69, 9.17) is 15.2 Å². The number of nitrogens with two attached hydrogens (primary N) is 1. The Morgan fingerprint density at radius 2 is 1.42 bits per heavy atom. The maximum absolute atomic E-state index is 14.2. The monoisotopic (exact) mass is 750 g/mol. The molecular formula is C39H71N7O7. The molecule has 3 rings (SSSR count). The van der Waals surface area contributed by atoms with Crippen molar-refractivity contribution in [3.05, 3.63) is 0 Å². The fourth-order valence-corrected chi connectivity index (χ4v) is 7.74. The zero-order valence-corrected chi connectivity index (χ0v) is 33.2. The minimum Gasteiger partial charge on any atom is -0.375 e. The standard InChI is InChI=1S/C39H71N7O7/c1-6-8-9-14-18-33-27(4)39(51)46(5)32(15-7-2)37(49)45-34(28-16-12-10-11-13-17-28)38(50)43-30(23-40)35(47)44-31(36(48)42-26(3)24-53-33)25-52-29-19-21-41-22-20-29/h26-34,41H,6-25,40H2,1-5H3,(H,42,48)(H,43,50)(H,44,47)(H,45,49)/t26-,27-,30+,31+,32+,33-,34+/m1/s1. The van der Waals surface area contributed by atoms with E-state index in [1.165, 1.54) is 4.90 Å². The predicted octanol–water partition coefficient (Wildman–Crippen LogP) is 2.28. The smallest absolute Gasteiger partial charge is 0.245 e. The van der Waals surface area contributed by atoms with Gasteiger partial charge in [-0.1, -0.05) is 78.6 Å². The van der Waals surface area contributed by atoms with Crippen molar-refractivity contribution in [1.82, 2.24) is 31.5 Å². The summed E-state index contributed by atoms with van der Waals surface area (Å²) < 4.78 is 12.5. The number of piperidine rings is 1. The van der Waals surface area contributed by atoms with Crippen molar-refractivity contribution in [2.24, 2.45) is 17.6 Å². The van der Waals surface area contributed by atoms with Gasteiger partial charge in [0.2, 0.25) is 29.5 Å². The maximum Gasteiger partial charge on any atom is 0.245 e. The van der Waals surface area contributed by atoms with Crippen molar-refractivity contribution in [3.63, 3.8) is 0 Å². The molecule has 0 aromatic heterocycles. The highest BCUT2D eigenvalue weighted by Crippen LogP contribution is 2.27. The second-order valence-electron chi connectivity index (χ2n) is 15.6. The summed E-state index contributed by atoms with van der Waals surface area (Å²) in [5.41, 5.74) is 6.07. The largest absolute Gasteiger partial charge is 0.375 e. The number of rotatable bonds is 12. The van der Waals surface area contributed by atoms with E-state index in [-0.39, 0.29) is 37.7 Å². The molecule has 0 radical (unpaired) electrons. The molecule has 2 aliphatic heterocycles. The molecule has 0 bridgehead atoms. The van der Waals surface area contributed by atoms with Gasteiger partial charge in [-0.05, 0) is 64.5 Å². The molecule has 0 spiro atoms. The first kappa shape index (κ1) is 44.6. The Kier molecular flexibility index (Phi) is 20.1. The van der Waals surface area contributed by atoms with Gasteiger partial charge in [0.15, 0.2) is 0 Å². The number of unbranched alkanes of at least 4 members (excludes halogenated alkanes) is 3. The Morgan fingerprint density at radius 3 is 2.06 bits per heavy atom. The summed E-state index contributed by atoms with van der Waals surface area (Å²) in [6, 6.07) is -4.40. The zero-order chi connectivity index (χ0) is 38.8. The fourth-order valence-electron chi connectivity index (χ4n) is 7.74. The average Bonchev–Trinajstić information content (AvgIpc) is 3.44. The van der Waals surface area contributed by atoms with Crippen LogP contribution in [0, 0.1) is 11.8 Å². The molecule has 1 aliphatic carbocycles. The molecule has 0 unspecified atom stereocenters. The van der Waals surface area contributed by atoms with E-state index in [2.05, 4.69) is 33.5 Å².